The fraction of sp³-hybridized carbons (Fsp3) is 1.00. The average molecular weight is 160 g/mol. The average Bonchev–Trinajstić information content (AvgIpc) is 2.31. The van der Waals surface area contributed by atoms with Crippen LogP contribution >= 0.6 is 0 Å². The highest BCUT2D eigenvalue weighted by Gasteiger charge is 2.69. The molecule has 1 rings (SSSR count). The van der Waals surface area contributed by atoms with Crippen molar-refractivity contribution in [3.63, 3.8) is 0 Å². The van der Waals surface area contributed by atoms with Crippen molar-refractivity contribution in [3.05, 3.63) is 0 Å². The Morgan fingerprint density at radius 1 is 1.18 bits per heavy atom. The van der Waals surface area contributed by atoms with Gasteiger partial charge in [-0.3, -0.25) is 0 Å². The van der Waals surface area contributed by atoms with E-state index in [4.69, 9.17) is 20.8 Å². The second-order valence-electron chi connectivity index (χ2n) is 2.91. The van der Waals surface area contributed by atoms with E-state index in [-0.39, 0.29) is 12.8 Å². The van der Waals surface area contributed by atoms with E-state index >= 15 is 0 Å². The third kappa shape index (κ3) is 1.17. The minimum absolute atomic E-state index is 0.194. The molecule has 0 bridgehead atoms. The zero-order valence-corrected chi connectivity index (χ0v) is 5.65. The van der Waals surface area contributed by atoms with E-state index in [9.17, 15) is 13.2 Å². The molecule has 0 amide bonds. The summed E-state index contributed by atoms with van der Waals surface area (Å²) in [4.78, 5) is 0. The molecule has 1 nitrogen and oxygen atoms in total. The molecular formula is C5H5B2F3O. The predicted octanol–water partition coefficient (Wildman–Crippen LogP) is 0.312. The van der Waals surface area contributed by atoms with Gasteiger partial charge in [0.1, 0.15) is 15.7 Å². The van der Waals surface area contributed by atoms with E-state index in [1.54, 1.807) is 0 Å². The van der Waals surface area contributed by atoms with Crippen molar-refractivity contribution in [2.45, 2.75) is 24.4 Å². The van der Waals surface area contributed by atoms with E-state index in [1.165, 1.54) is 0 Å². The van der Waals surface area contributed by atoms with Crippen LogP contribution in [-0.4, -0.2) is 32.4 Å². The molecule has 0 aromatic heterocycles. The molecule has 0 heterocycles. The van der Waals surface area contributed by atoms with Crippen LogP contribution in [0.25, 0.3) is 0 Å². The molecule has 0 atom stereocenters. The molecule has 0 aromatic carbocycles. The summed E-state index contributed by atoms with van der Waals surface area (Å²) in [5.74, 6) is 0. The molecule has 6 heteroatoms. The van der Waals surface area contributed by atoms with Crippen molar-refractivity contribution in [1.29, 1.82) is 0 Å². The summed E-state index contributed by atoms with van der Waals surface area (Å²) in [5.41, 5.74) is -2.26. The van der Waals surface area contributed by atoms with E-state index in [0.29, 0.717) is 0 Å². The van der Waals surface area contributed by atoms with Gasteiger partial charge in [0.2, 0.25) is 0 Å². The summed E-state index contributed by atoms with van der Waals surface area (Å²) >= 11 is 0. The van der Waals surface area contributed by atoms with Crippen LogP contribution in [0.4, 0.5) is 13.2 Å². The predicted molar refractivity (Wildman–Crippen MR) is 34.2 cm³/mol. The first-order valence-electron chi connectivity index (χ1n) is 3.08. The van der Waals surface area contributed by atoms with Crippen molar-refractivity contribution in [3.8, 4) is 0 Å². The van der Waals surface area contributed by atoms with Crippen molar-refractivity contribution in [2.24, 2.45) is 5.41 Å². The third-order valence-corrected chi connectivity index (χ3v) is 2.06. The van der Waals surface area contributed by atoms with Crippen molar-refractivity contribution < 1.29 is 18.3 Å². The Balaban J connectivity index is 2.85. The smallest absolute Gasteiger partial charge is 0.395 e. The van der Waals surface area contributed by atoms with Crippen molar-refractivity contribution in [2.75, 3.05) is 0 Å². The Morgan fingerprint density at radius 3 is 1.55 bits per heavy atom. The van der Waals surface area contributed by atoms with Gasteiger partial charge in [-0.15, -0.1) is 0 Å². The molecule has 0 saturated heterocycles. The van der Waals surface area contributed by atoms with Crippen LogP contribution in [0.3, 0.4) is 0 Å². The molecule has 1 saturated carbocycles. The number of aliphatic hydroxyl groups is 1. The summed E-state index contributed by atoms with van der Waals surface area (Å²) in [6.45, 7) is 0. The van der Waals surface area contributed by atoms with Crippen molar-refractivity contribution in [1.82, 2.24) is 0 Å². The highest BCUT2D eigenvalue weighted by molar-refractivity contribution is 6.39. The van der Waals surface area contributed by atoms with Crippen LogP contribution in [0.15, 0.2) is 0 Å². The van der Waals surface area contributed by atoms with Gasteiger partial charge in [0.15, 0.2) is 0 Å². The molecule has 1 aliphatic rings. The normalized spacial score (nSPS) is 23.3. The van der Waals surface area contributed by atoms with Crippen LogP contribution in [0.2, 0.25) is 0 Å². The van der Waals surface area contributed by atoms with Crippen LogP contribution in [-0.2, 0) is 0 Å². The quantitative estimate of drug-likeness (QED) is 0.547. The topological polar surface area (TPSA) is 20.2 Å². The second kappa shape index (κ2) is 1.97. The van der Waals surface area contributed by atoms with Crippen LogP contribution in [0.1, 0.15) is 12.8 Å². The largest absolute Gasteiger partial charge is 0.408 e. The van der Waals surface area contributed by atoms with Gasteiger partial charge in [-0.05, 0) is 12.8 Å². The Labute approximate surface area is 64.8 Å². The summed E-state index contributed by atoms with van der Waals surface area (Å²) in [6, 6.07) is 0. The Bertz CT molecular complexity index is 152. The van der Waals surface area contributed by atoms with Crippen LogP contribution in [0.5, 0.6) is 0 Å². The molecule has 4 radical (unpaired) electrons. The van der Waals surface area contributed by atoms with E-state index in [1.807, 2.05) is 0 Å². The molecule has 0 aliphatic heterocycles. The molecule has 58 valence electrons. The Kier molecular flexibility index (Phi) is 1.61. The summed E-state index contributed by atoms with van der Waals surface area (Å²) in [5, 5.41) is 6.15. The number of alkyl halides is 3. The standard InChI is InChI=1S/C5H5B2F3O/c6-4(7,11)3(1-2-3)5(8,9)10/h11H,1-2H2. The maximum absolute atomic E-state index is 12.1. The number of hydrogen-bond donors (Lipinski definition) is 1. The van der Waals surface area contributed by atoms with Crippen LogP contribution < -0.4 is 0 Å². The lowest BCUT2D eigenvalue weighted by Gasteiger charge is -2.32. The molecule has 0 aromatic rings. The van der Waals surface area contributed by atoms with Crippen LogP contribution in [0, 0.1) is 5.41 Å². The number of rotatable bonds is 1. The number of hydrogen-bond acceptors (Lipinski definition) is 1. The summed E-state index contributed by atoms with van der Waals surface area (Å²) in [7, 11) is 9.55. The monoisotopic (exact) mass is 160 g/mol. The van der Waals surface area contributed by atoms with E-state index in [0.717, 1.165) is 0 Å². The first-order chi connectivity index (χ1) is 4.71. The van der Waals surface area contributed by atoms with Gasteiger partial charge >= 0.3 is 6.18 Å². The maximum atomic E-state index is 12.1. The van der Waals surface area contributed by atoms with Gasteiger partial charge < -0.3 is 5.11 Å². The Morgan fingerprint density at radius 2 is 1.55 bits per heavy atom. The molecule has 11 heavy (non-hydrogen) atoms. The minimum Gasteiger partial charge on any atom is -0.408 e. The molecule has 1 fully saturated rings. The van der Waals surface area contributed by atoms with E-state index in [2.05, 4.69) is 0 Å². The lowest BCUT2D eigenvalue weighted by atomic mass is 9.56. The first-order valence-corrected chi connectivity index (χ1v) is 3.08. The second-order valence-corrected chi connectivity index (χ2v) is 2.91. The summed E-state index contributed by atoms with van der Waals surface area (Å²) in [6.07, 6.45) is -4.90. The van der Waals surface area contributed by atoms with Gasteiger partial charge in [-0.1, -0.05) is 0 Å². The zero-order valence-electron chi connectivity index (χ0n) is 5.65. The molecular weight excluding hydrogens is 155 g/mol. The fourth-order valence-corrected chi connectivity index (χ4v) is 1.04. The zero-order chi connectivity index (χ0) is 8.91. The molecule has 0 spiro atoms. The molecule has 0 unspecified atom stereocenters. The lowest BCUT2D eigenvalue weighted by Crippen LogP contribution is -2.49. The van der Waals surface area contributed by atoms with Gasteiger partial charge in [0.25, 0.3) is 0 Å². The van der Waals surface area contributed by atoms with Gasteiger partial charge in [-0.2, -0.15) is 13.2 Å². The highest BCUT2D eigenvalue weighted by Crippen LogP contribution is 2.62. The Hall–Kier alpha value is -0.120. The lowest BCUT2D eigenvalue weighted by molar-refractivity contribution is -0.209. The van der Waals surface area contributed by atoms with Gasteiger partial charge in [0.05, 0.1) is 5.41 Å². The third-order valence-electron chi connectivity index (χ3n) is 2.06. The summed E-state index contributed by atoms with van der Waals surface area (Å²) < 4.78 is 36.2. The van der Waals surface area contributed by atoms with Crippen molar-refractivity contribution >= 4 is 15.7 Å². The molecule has 1 aliphatic carbocycles. The van der Waals surface area contributed by atoms with Gasteiger partial charge in [0, 0.05) is 5.40 Å². The van der Waals surface area contributed by atoms with E-state index < -0.39 is 17.0 Å². The fourth-order valence-electron chi connectivity index (χ4n) is 1.04. The highest BCUT2D eigenvalue weighted by atomic mass is 19.4. The first kappa shape index (κ1) is 8.97. The SMILES string of the molecule is [B]C([B])(O)C1(C(F)(F)F)CC1. The molecule has 1 N–H and O–H groups in total. The van der Waals surface area contributed by atoms with Gasteiger partial charge in [-0.25, -0.2) is 0 Å². The maximum Gasteiger partial charge on any atom is 0.395 e. The minimum atomic E-state index is -4.51. The number of halogens is 3.